The van der Waals surface area contributed by atoms with Gasteiger partial charge in [-0.05, 0) is 43.4 Å². The molecule has 5 heteroatoms. The zero-order valence-corrected chi connectivity index (χ0v) is 15.7. The van der Waals surface area contributed by atoms with Crippen LogP contribution in [0.3, 0.4) is 0 Å². The van der Waals surface area contributed by atoms with E-state index in [2.05, 4.69) is 31.4 Å². The standard InChI is InChI=1S/C19H36N2O3/c1-15(2)13-16(3)9-10-18(22)20-11-12-21-19(23)24-14-17-7-5-4-6-8-17/h15-17H,4-14H2,1-3H3,(H,20,22)(H,21,23). The lowest BCUT2D eigenvalue weighted by Gasteiger charge is -2.21. The van der Waals surface area contributed by atoms with Crippen LogP contribution in [0.2, 0.25) is 0 Å². The summed E-state index contributed by atoms with van der Waals surface area (Å²) in [5.41, 5.74) is 0. The molecule has 5 nitrogen and oxygen atoms in total. The first kappa shape index (κ1) is 20.8. The molecule has 0 spiro atoms. The van der Waals surface area contributed by atoms with Gasteiger partial charge in [0.2, 0.25) is 5.91 Å². The van der Waals surface area contributed by atoms with Gasteiger partial charge in [0.15, 0.2) is 0 Å². The Morgan fingerprint density at radius 3 is 2.38 bits per heavy atom. The quantitative estimate of drug-likeness (QED) is 0.593. The van der Waals surface area contributed by atoms with Crippen molar-refractivity contribution in [2.24, 2.45) is 17.8 Å². The Bertz CT molecular complexity index is 366. The van der Waals surface area contributed by atoms with Gasteiger partial charge < -0.3 is 15.4 Å². The van der Waals surface area contributed by atoms with Gasteiger partial charge in [-0.3, -0.25) is 4.79 Å². The van der Waals surface area contributed by atoms with Gasteiger partial charge in [-0.15, -0.1) is 0 Å². The number of hydrogen-bond acceptors (Lipinski definition) is 3. The number of carbonyl (C=O) groups excluding carboxylic acids is 2. The lowest BCUT2D eigenvalue weighted by atomic mass is 9.90. The number of amides is 2. The minimum absolute atomic E-state index is 0.0583. The summed E-state index contributed by atoms with van der Waals surface area (Å²) in [6, 6.07) is 0. The van der Waals surface area contributed by atoms with E-state index < -0.39 is 0 Å². The molecule has 1 rings (SSSR count). The summed E-state index contributed by atoms with van der Waals surface area (Å²) in [7, 11) is 0. The Hall–Kier alpha value is -1.26. The average Bonchev–Trinajstić information content (AvgIpc) is 2.55. The molecule has 1 unspecified atom stereocenters. The maximum Gasteiger partial charge on any atom is 0.407 e. The van der Waals surface area contributed by atoms with Crippen molar-refractivity contribution < 1.29 is 14.3 Å². The average molecular weight is 341 g/mol. The zero-order valence-electron chi connectivity index (χ0n) is 15.7. The van der Waals surface area contributed by atoms with Crippen LogP contribution in [0, 0.1) is 17.8 Å². The molecule has 0 aromatic carbocycles. The lowest BCUT2D eigenvalue weighted by Crippen LogP contribution is -2.35. The molecule has 0 bridgehead atoms. The molecule has 1 saturated carbocycles. The SMILES string of the molecule is CC(C)CC(C)CCC(=O)NCCNC(=O)OCC1CCCCC1. The summed E-state index contributed by atoms with van der Waals surface area (Å²) < 4.78 is 5.24. The fraction of sp³-hybridized carbons (Fsp3) is 0.895. The van der Waals surface area contributed by atoms with Gasteiger partial charge in [-0.1, -0.05) is 40.0 Å². The summed E-state index contributed by atoms with van der Waals surface area (Å²) in [5.74, 6) is 1.83. The minimum atomic E-state index is -0.375. The van der Waals surface area contributed by atoms with Crippen LogP contribution in [0.4, 0.5) is 4.79 Å². The predicted octanol–water partition coefficient (Wildman–Crippen LogP) is 3.87. The Labute approximate surface area is 147 Å². The van der Waals surface area contributed by atoms with Crippen LogP contribution >= 0.6 is 0 Å². The number of hydrogen-bond donors (Lipinski definition) is 2. The monoisotopic (exact) mass is 340 g/mol. The molecular weight excluding hydrogens is 304 g/mol. The molecule has 1 atom stereocenters. The van der Waals surface area contributed by atoms with E-state index in [9.17, 15) is 9.59 Å². The Morgan fingerprint density at radius 1 is 1.04 bits per heavy atom. The van der Waals surface area contributed by atoms with E-state index in [1.807, 2.05) is 0 Å². The highest BCUT2D eigenvalue weighted by molar-refractivity contribution is 5.75. The molecule has 0 saturated heterocycles. The second-order valence-electron chi connectivity index (χ2n) is 7.65. The minimum Gasteiger partial charge on any atom is -0.449 e. The van der Waals surface area contributed by atoms with Crippen LogP contribution < -0.4 is 10.6 Å². The first-order chi connectivity index (χ1) is 11.5. The molecule has 0 aliphatic heterocycles. The topological polar surface area (TPSA) is 67.4 Å². The van der Waals surface area contributed by atoms with Crippen LogP contribution in [0.1, 0.15) is 72.1 Å². The third-order valence-corrected chi connectivity index (χ3v) is 4.63. The molecule has 140 valence electrons. The van der Waals surface area contributed by atoms with Crippen LogP contribution in [-0.2, 0) is 9.53 Å². The second-order valence-corrected chi connectivity index (χ2v) is 7.65. The smallest absolute Gasteiger partial charge is 0.407 e. The molecule has 24 heavy (non-hydrogen) atoms. The fourth-order valence-corrected chi connectivity index (χ4v) is 3.35. The van der Waals surface area contributed by atoms with E-state index >= 15 is 0 Å². The maximum absolute atomic E-state index is 11.8. The first-order valence-corrected chi connectivity index (χ1v) is 9.64. The third-order valence-electron chi connectivity index (χ3n) is 4.63. The maximum atomic E-state index is 11.8. The van der Waals surface area contributed by atoms with Crippen LogP contribution in [0.5, 0.6) is 0 Å². The summed E-state index contributed by atoms with van der Waals surface area (Å²) in [5, 5.41) is 5.54. The molecule has 0 heterocycles. The fourth-order valence-electron chi connectivity index (χ4n) is 3.35. The van der Waals surface area contributed by atoms with E-state index in [1.165, 1.54) is 32.1 Å². The van der Waals surface area contributed by atoms with E-state index in [-0.39, 0.29) is 12.0 Å². The lowest BCUT2D eigenvalue weighted by molar-refractivity contribution is -0.121. The van der Waals surface area contributed by atoms with Gasteiger partial charge in [0.25, 0.3) is 0 Å². The van der Waals surface area contributed by atoms with Crippen LogP contribution in [0.15, 0.2) is 0 Å². The van der Waals surface area contributed by atoms with Crippen molar-refractivity contribution in [3.05, 3.63) is 0 Å². The largest absolute Gasteiger partial charge is 0.449 e. The molecule has 1 aliphatic rings. The Kier molecular flexibility index (Phi) is 10.5. The van der Waals surface area contributed by atoms with Crippen LogP contribution in [-0.4, -0.2) is 31.7 Å². The molecule has 1 aliphatic carbocycles. The van der Waals surface area contributed by atoms with Crippen molar-refractivity contribution in [3.63, 3.8) is 0 Å². The number of rotatable bonds is 10. The number of ether oxygens (including phenoxy) is 1. The van der Waals surface area contributed by atoms with E-state index in [4.69, 9.17) is 4.74 Å². The van der Waals surface area contributed by atoms with Gasteiger partial charge in [0.1, 0.15) is 0 Å². The Morgan fingerprint density at radius 2 is 1.71 bits per heavy atom. The molecule has 2 N–H and O–H groups in total. The highest BCUT2D eigenvalue weighted by Gasteiger charge is 2.15. The van der Waals surface area contributed by atoms with Crippen molar-refractivity contribution in [3.8, 4) is 0 Å². The molecule has 0 aromatic rings. The predicted molar refractivity (Wildman–Crippen MR) is 96.8 cm³/mol. The summed E-state index contributed by atoms with van der Waals surface area (Å²) in [6.45, 7) is 7.99. The highest BCUT2D eigenvalue weighted by atomic mass is 16.5. The van der Waals surface area contributed by atoms with Gasteiger partial charge in [0, 0.05) is 19.5 Å². The van der Waals surface area contributed by atoms with Gasteiger partial charge in [-0.2, -0.15) is 0 Å². The van der Waals surface area contributed by atoms with E-state index in [0.717, 1.165) is 12.8 Å². The Balaban J connectivity index is 1.97. The normalized spacial score (nSPS) is 16.7. The van der Waals surface area contributed by atoms with Crippen molar-refractivity contribution in [1.29, 1.82) is 0 Å². The second kappa shape index (κ2) is 12.2. The molecule has 2 amide bonds. The van der Waals surface area contributed by atoms with Crippen molar-refractivity contribution in [2.45, 2.75) is 72.1 Å². The van der Waals surface area contributed by atoms with E-state index in [1.54, 1.807) is 0 Å². The first-order valence-electron chi connectivity index (χ1n) is 9.64. The molecule has 0 aromatic heterocycles. The zero-order chi connectivity index (χ0) is 17.8. The number of nitrogens with one attached hydrogen (secondary N) is 2. The van der Waals surface area contributed by atoms with Crippen molar-refractivity contribution >= 4 is 12.0 Å². The number of alkyl carbamates (subject to hydrolysis) is 1. The van der Waals surface area contributed by atoms with Crippen LogP contribution in [0.25, 0.3) is 0 Å². The molecular formula is C19H36N2O3. The summed E-state index contributed by atoms with van der Waals surface area (Å²) >= 11 is 0. The summed E-state index contributed by atoms with van der Waals surface area (Å²) in [6.07, 6.45) is 8.38. The number of carbonyl (C=O) groups is 2. The highest BCUT2D eigenvalue weighted by Crippen LogP contribution is 2.23. The molecule has 0 radical (unpaired) electrons. The van der Waals surface area contributed by atoms with E-state index in [0.29, 0.717) is 43.9 Å². The van der Waals surface area contributed by atoms with Crippen molar-refractivity contribution in [1.82, 2.24) is 10.6 Å². The van der Waals surface area contributed by atoms with Gasteiger partial charge in [0.05, 0.1) is 6.61 Å². The third kappa shape index (κ3) is 10.5. The van der Waals surface area contributed by atoms with Gasteiger partial charge in [-0.25, -0.2) is 4.79 Å². The summed E-state index contributed by atoms with van der Waals surface area (Å²) in [4.78, 5) is 23.4. The van der Waals surface area contributed by atoms with Crippen molar-refractivity contribution in [2.75, 3.05) is 19.7 Å². The van der Waals surface area contributed by atoms with Gasteiger partial charge >= 0.3 is 6.09 Å². The molecule has 1 fully saturated rings.